The second kappa shape index (κ2) is 5.98. The Bertz CT molecular complexity index is 496. The minimum atomic E-state index is -2.93. The van der Waals surface area contributed by atoms with Gasteiger partial charge in [0.1, 0.15) is 9.77 Å². The summed E-state index contributed by atoms with van der Waals surface area (Å²) in [5.41, 5.74) is -0.630. The summed E-state index contributed by atoms with van der Waals surface area (Å²) in [6.07, 6.45) is -2.44. The first-order valence-electron chi connectivity index (χ1n) is 4.55. The van der Waals surface area contributed by atoms with Crippen molar-refractivity contribution in [2.75, 3.05) is 7.11 Å². The Morgan fingerprint density at radius 3 is 2.72 bits per heavy atom. The van der Waals surface area contributed by atoms with Crippen LogP contribution in [0.3, 0.4) is 0 Å². The van der Waals surface area contributed by atoms with Crippen molar-refractivity contribution in [1.29, 1.82) is 0 Å². The van der Waals surface area contributed by atoms with E-state index in [0.29, 0.717) is 0 Å². The average Bonchev–Trinajstić information content (AvgIpc) is 2.27. The Morgan fingerprint density at radius 1 is 1.67 bits per heavy atom. The lowest BCUT2D eigenvalue weighted by Crippen LogP contribution is -2.10. The number of halogens is 3. The molecule has 0 atom stereocenters. The van der Waals surface area contributed by atoms with Crippen molar-refractivity contribution in [2.24, 2.45) is 0 Å². The van der Waals surface area contributed by atoms with Crippen LogP contribution in [0, 0.1) is 13.7 Å². The maximum Gasteiger partial charge on any atom is 0.377 e. The third-order valence-electron chi connectivity index (χ3n) is 2.08. The smallest absolute Gasteiger partial charge is 0.377 e. The van der Waals surface area contributed by atoms with E-state index >= 15 is 0 Å². The highest BCUT2D eigenvalue weighted by Gasteiger charge is 2.27. The second-order valence-electron chi connectivity index (χ2n) is 3.15. The number of methoxy groups -OCH3 is 1. The van der Waals surface area contributed by atoms with Crippen LogP contribution in [0.1, 0.15) is 17.6 Å². The lowest BCUT2D eigenvalue weighted by Gasteiger charge is -2.08. The van der Waals surface area contributed by atoms with E-state index in [1.165, 1.54) is 22.6 Å². The van der Waals surface area contributed by atoms with Crippen molar-refractivity contribution in [3.05, 3.63) is 31.0 Å². The van der Waals surface area contributed by atoms with Gasteiger partial charge < -0.3 is 14.9 Å². The molecule has 0 aliphatic carbocycles. The molecule has 0 saturated carbocycles. The van der Waals surface area contributed by atoms with Crippen LogP contribution in [0.5, 0.6) is 0 Å². The quantitative estimate of drug-likeness (QED) is 0.351. The summed E-state index contributed by atoms with van der Waals surface area (Å²) in [6.45, 7) is 0. The van der Waals surface area contributed by atoms with Crippen molar-refractivity contribution in [3.8, 4) is 0 Å². The predicted octanol–water partition coefficient (Wildman–Crippen LogP) is 2.25. The van der Waals surface area contributed by atoms with Crippen LogP contribution in [-0.4, -0.2) is 23.0 Å². The monoisotopic (exact) mass is 372 g/mol. The molecule has 0 aromatic carbocycles. The van der Waals surface area contributed by atoms with Crippen LogP contribution in [-0.2, 0) is 16.0 Å². The summed E-state index contributed by atoms with van der Waals surface area (Å²) in [5.74, 6) is -1.37. The highest BCUT2D eigenvalue weighted by Crippen LogP contribution is 2.32. The summed E-state index contributed by atoms with van der Waals surface area (Å²) in [6, 6.07) is 0. The van der Waals surface area contributed by atoms with E-state index in [0.717, 1.165) is 13.3 Å². The fourth-order valence-corrected chi connectivity index (χ4v) is 2.18. The highest BCUT2D eigenvalue weighted by atomic mass is 127. The molecule has 1 aromatic heterocycles. The van der Waals surface area contributed by atoms with Gasteiger partial charge in [0.25, 0.3) is 6.43 Å². The molecule has 0 aliphatic rings. The zero-order chi connectivity index (χ0) is 13.9. The molecule has 1 rings (SSSR count). The number of aromatic nitrogens is 1. The Labute approximate surface area is 114 Å². The molecule has 0 spiro atoms. The largest absolute Gasteiger partial charge is 0.469 e. The van der Waals surface area contributed by atoms with Crippen LogP contribution in [0.2, 0.25) is 0 Å². The number of alkyl halides is 2. The Hall–Kier alpha value is -1.39. The Balaban J connectivity index is 3.32. The maximum absolute atomic E-state index is 12.9. The summed E-state index contributed by atoms with van der Waals surface area (Å²) < 4.78 is 29.8. The molecule has 9 heteroatoms. The Kier molecular flexibility index (Phi) is 4.87. The molecule has 0 amide bonds. The van der Waals surface area contributed by atoms with Crippen LogP contribution in [0.4, 0.5) is 14.6 Å². The standard InChI is InChI=1S/C9H7F2IN2O4/c1-18-5(15)2-4-3-13-9(14(16)17)7(12)6(4)8(10)11/h3,8H,2H2,1H3. The lowest BCUT2D eigenvalue weighted by atomic mass is 10.1. The first kappa shape index (κ1) is 14.7. The van der Waals surface area contributed by atoms with Gasteiger partial charge >= 0.3 is 11.8 Å². The van der Waals surface area contributed by atoms with Gasteiger partial charge in [0.05, 0.1) is 13.5 Å². The first-order chi connectivity index (χ1) is 8.38. The van der Waals surface area contributed by atoms with E-state index in [9.17, 15) is 23.7 Å². The molecule has 0 N–H and O–H groups in total. The van der Waals surface area contributed by atoms with E-state index in [-0.39, 0.29) is 9.13 Å². The van der Waals surface area contributed by atoms with Gasteiger partial charge in [0.2, 0.25) is 0 Å². The normalized spacial score (nSPS) is 10.5. The molecule has 0 aliphatic heterocycles. The van der Waals surface area contributed by atoms with Gasteiger partial charge in [-0.05, 0) is 32.5 Å². The number of nitrogens with zero attached hydrogens (tertiary/aromatic N) is 2. The van der Waals surface area contributed by atoms with Crippen molar-refractivity contribution in [3.63, 3.8) is 0 Å². The molecule has 0 saturated heterocycles. The van der Waals surface area contributed by atoms with Crippen molar-refractivity contribution >= 4 is 34.4 Å². The number of nitro groups is 1. The fraction of sp³-hybridized carbons (Fsp3) is 0.333. The topological polar surface area (TPSA) is 82.3 Å². The molecule has 0 bridgehead atoms. The molecule has 1 aromatic rings. The van der Waals surface area contributed by atoms with Crippen LogP contribution >= 0.6 is 22.6 Å². The van der Waals surface area contributed by atoms with Gasteiger partial charge in [-0.3, -0.25) is 4.79 Å². The average molecular weight is 372 g/mol. The van der Waals surface area contributed by atoms with Gasteiger partial charge in [-0.15, -0.1) is 0 Å². The third-order valence-corrected chi connectivity index (χ3v) is 3.14. The zero-order valence-electron chi connectivity index (χ0n) is 9.02. The molecule has 1 heterocycles. The number of carbonyl (C=O) groups is 1. The lowest BCUT2D eigenvalue weighted by molar-refractivity contribution is -0.390. The van der Waals surface area contributed by atoms with Crippen molar-refractivity contribution < 1.29 is 23.2 Å². The zero-order valence-corrected chi connectivity index (χ0v) is 11.2. The molecule has 0 fully saturated rings. The third kappa shape index (κ3) is 3.09. The SMILES string of the molecule is COC(=O)Cc1cnc([N+](=O)[O-])c(I)c1C(F)F. The highest BCUT2D eigenvalue weighted by molar-refractivity contribution is 14.1. The van der Waals surface area contributed by atoms with Crippen LogP contribution < -0.4 is 0 Å². The van der Waals surface area contributed by atoms with Gasteiger partial charge in [-0.2, -0.15) is 0 Å². The summed E-state index contributed by atoms with van der Waals surface area (Å²) in [7, 11) is 1.12. The van der Waals surface area contributed by atoms with Gasteiger partial charge in [0.15, 0.2) is 0 Å². The fourth-order valence-electron chi connectivity index (χ4n) is 1.26. The van der Waals surface area contributed by atoms with Crippen LogP contribution in [0.25, 0.3) is 0 Å². The number of esters is 1. The van der Waals surface area contributed by atoms with E-state index in [1.807, 2.05) is 0 Å². The maximum atomic E-state index is 12.9. The number of ether oxygens (including phenoxy) is 1. The molecule has 18 heavy (non-hydrogen) atoms. The summed E-state index contributed by atoms with van der Waals surface area (Å²) >= 11 is 1.42. The van der Waals surface area contributed by atoms with Gasteiger partial charge in [0, 0.05) is 11.1 Å². The molecule has 0 radical (unpaired) electrons. The summed E-state index contributed by atoms with van der Waals surface area (Å²) in [5, 5.41) is 10.6. The van der Waals surface area contributed by atoms with E-state index in [4.69, 9.17) is 0 Å². The number of pyridine rings is 1. The van der Waals surface area contributed by atoms with E-state index < -0.39 is 35.1 Å². The van der Waals surface area contributed by atoms with Gasteiger partial charge in [-0.25, -0.2) is 8.78 Å². The minimum absolute atomic E-state index is 0.0770. The minimum Gasteiger partial charge on any atom is -0.469 e. The number of hydrogen-bond donors (Lipinski definition) is 0. The van der Waals surface area contributed by atoms with E-state index in [1.54, 1.807) is 0 Å². The predicted molar refractivity (Wildman–Crippen MR) is 64.3 cm³/mol. The van der Waals surface area contributed by atoms with Gasteiger partial charge in [-0.1, -0.05) is 0 Å². The number of hydrogen-bond acceptors (Lipinski definition) is 5. The second-order valence-corrected chi connectivity index (χ2v) is 4.22. The van der Waals surface area contributed by atoms with Crippen LogP contribution in [0.15, 0.2) is 6.20 Å². The molecule has 0 unspecified atom stereocenters. The van der Waals surface area contributed by atoms with Crippen molar-refractivity contribution in [2.45, 2.75) is 12.8 Å². The van der Waals surface area contributed by atoms with E-state index in [2.05, 4.69) is 9.72 Å². The van der Waals surface area contributed by atoms with Crippen molar-refractivity contribution in [1.82, 2.24) is 4.98 Å². The molecular weight excluding hydrogens is 365 g/mol. The Morgan fingerprint density at radius 2 is 2.28 bits per heavy atom. The molecule has 6 nitrogen and oxygen atoms in total. The number of rotatable bonds is 4. The number of carbonyl (C=O) groups excluding carboxylic acids is 1. The first-order valence-corrected chi connectivity index (χ1v) is 5.63. The molecular formula is C9H7F2IN2O4. The summed E-state index contributed by atoms with van der Waals surface area (Å²) in [4.78, 5) is 24.3. The molecule has 98 valence electrons.